The molecule has 0 amide bonds. The van der Waals surface area contributed by atoms with Crippen molar-refractivity contribution in [1.82, 2.24) is 18.8 Å². The third-order valence-electron chi connectivity index (χ3n) is 12.4. The average Bonchev–Trinajstić information content (AvgIpc) is 3.93. The van der Waals surface area contributed by atoms with E-state index in [0.29, 0.717) is 17.6 Å². The summed E-state index contributed by atoms with van der Waals surface area (Å²) in [7, 11) is 0. The Hall–Kier alpha value is -7.41. The number of rotatable bonds is 17. The Morgan fingerprint density at radius 2 is 1.06 bits per heavy atom. The molecular formula is C56H55ClN6O6. The minimum atomic E-state index is -0.509. The lowest BCUT2D eigenvalue weighted by Crippen LogP contribution is -2.13. The van der Waals surface area contributed by atoms with E-state index >= 15 is 0 Å². The fourth-order valence-corrected chi connectivity index (χ4v) is 9.09. The number of hydrogen-bond donors (Lipinski definition) is 3. The Morgan fingerprint density at radius 1 is 0.609 bits per heavy atom. The van der Waals surface area contributed by atoms with E-state index in [0.717, 1.165) is 158 Å². The van der Waals surface area contributed by atoms with Crippen LogP contribution in [0.3, 0.4) is 0 Å². The molecule has 0 radical (unpaired) electrons. The third kappa shape index (κ3) is 10.1. The van der Waals surface area contributed by atoms with Crippen molar-refractivity contribution in [3.05, 3.63) is 154 Å². The summed E-state index contributed by atoms with van der Waals surface area (Å²) in [4.78, 5) is 57.1. The second-order valence-electron chi connectivity index (χ2n) is 17.2. The molecular weight excluding hydrogens is 888 g/mol. The molecule has 69 heavy (non-hydrogen) atoms. The number of pyridine rings is 2. The second kappa shape index (κ2) is 21.7. The van der Waals surface area contributed by atoms with Gasteiger partial charge in [0.1, 0.15) is 11.3 Å². The zero-order chi connectivity index (χ0) is 48.6. The number of unbranched alkanes of at least 4 members (excludes halogenated alkanes) is 6. The molecule has 0 unspecified atom stereocenters. The molecule has 6 aromatic carbocycles. The molecule has 12 nitrogen and oxygen atoms in total. The van der Waals surface area contributed by atoms with E-state index in [9.17, 15) is 19.2 Å². The molecule has 0 aliphatic carbocycles. The zero-order valence-electron chi connectivity index (χ0n) is 38.9. The number of anilines is 2. The van der Waals surface area contributed by atoms with Crippen LogP contribution in [0.5, 0.6) is 0 Å². The Labute approximate surface area is 403 Å². The van der Waals surface area contributed by atoms with Gasteiger partial charge in [-0.15, -0.1) is 0 Å². The molecule has 352 valence electrons. The first-order valence-corrected chi connectivity index (χ1v) is 23.8. The largest absolute Gasteiger partial charge is 0.463 e. The van der Waals surface area contributed by atoms with Gasteiger partial charge in [0.15, 0.2) is 0 Å². The number of nitrogens with zero attached hydrogens (tertiary/aromatic N) is 4. The van der Waals surface area contributed by atoms with Crippen LogP contribution in [0.2, 0.25) is 0 Å². The fourth-order valence-electron chi connectivity index (χ4n) is 9.09. The van der Waals surface area contributed by atoms with Crippen molar-refractivity contribution in [1.29, 1.82) is 0 Å². The van der Waals surface area contributed by atoms with Crippen molar-refractivity contribution in [2.75, 3.05) is 36.9 Å². The van der Waals surface area contributed by atoms with Gasteiger partial charge in [-0.3, -0.25) is 23.2 Å². The van der Waals surface area contributed by atoms with Gasteiger partial charge in [-0.05, 0) is 135 Å². The predicted octanol–water partition coefficient (Wildman–Crippen LogP) is 11.4. The molecule has 0 fully saturated rings. The summed E-state index contributed by atoms with van der Waals surface area (Å²) >= 11 is 4.71. The van der Waals surface area contributed by atoms with Gasteiger partial charge in [-0.1, -0.05) is 68.8 Å². The smallest absolute Gasteiger partial charge is 0.330 e. The summed E-state index contributed by atoms with van der Waals surface area (Å²) in [6, 6.07) is 32.2. The Kier molecular flexibility index (Phi) is 15.1. The lowest BCUT2D eigenvalue weighted by Gasteiger charge is -2.13. The molecule has 4 heterocycles. The fraction of sp³-hybridized carbons (Fsp3) is 0.250. The number of aliphatic hydroxyl groups is 1. The van der Waals surface area contributed by atoms with Crippen molar-refractivity contribution < 1.29 is 19.4 Å². The maximum absolute atomic E-state index is 13.5. The maximum Gasteiger partial charge on any atom is 0.330 e. The molecule has 10 aromatic rings. The van der Waals surface area contributed by atoms with Crippen LogP contribution >= 0.6 is 11.6 Å². The lowest BCUT2D eigenvalue weighted by molar-refractivity contribution is -0.137. The third-order valence-corrected chi connectivity index (χ3v) is 12.6. The van der Waals surface area contributed by atoms with Gasteiger partial charge in [0, 0.05) is 80.2 Å². The number of nitrogens with one attached hydrogen (secondary N) is 2. The molecule has 0 saturated heterocycles. The Bertz CT molecular complexity index is 3640. The number of aryl methyl sites for hydroxylation is 2. The zero-order valence-corrected chi connectivity index (χ0v) is 39.7. The van der Waals surface area contributed by atoms with Crippen molar-refractivity contribution >= 4 is 111 Å². The summed E-state index contributed by atoms with van der Waals surface area (Å²) in [5, 5.41) is 22.9. The molecule has 0 saturated carbocycles. The first-order chi connectivity index (χ1) is 33.5. The number of aliphatic hydroxyl groups excluding tert-OH is 1. The van der Waals surface area contributed by atoms with Crippen LogP contribution in [0, 0.1) is 13.8 Å². The second-order valence-corrected chi connectivity index (χ2v) is 17.6. The Morgan fingerprint density at radius 3 is 1.51 bits per heavy atom. The highest BCUT2D eigenvalue weighted by atomic mass is 35.5. The minimum Gasteiger partial charge on any atom is -0.463 e. The summed E-state index contributed by atoms with van der Waals surface area (Å²) in [5.41, 5.74) is 9.09. The number of halogens is 1. The van der Waals surface area contributed by atoms with E-state index in [2.05, 4.69) is 60.2 Å². The molecule has 0 aliphatic rings. The normalized spacial score (nSPS) is 11.4. The first-order valence-electron chi connectivity index (χ1n) is 23.4. The van der Waals surface area contributed by atoms with Crippen LogP contribution in [0.15, 0.2) is 132 Å². The van der Waals surface area contributed by atoms with Crippen molar-refractivity contribution in [3.8, 4) is 0 Å². The highest BCUT2D eigenvalue weighted by Crippen LogP contribution is 2.36. The van der Waals surface area contributed by atoms with Crippen LogP contribution in [0.4, 0.5) is 11.4 Å². The monoisotopic (exact) mass is 942 g/mol. The summed E-state index contributed by atoms with van der Waals surface area (Å²) < 4.78 is 8.50. The van der Waals surface area contributed by atoms with Gasteiger partial charge in [0.25, 0.3) is 11.1 Å². The van der Waals surface area contributed by atoms with E-state index in [4.69, 9.17) is 31.4 Å². The number of hydrogen-bond acceptors (Lipinski definition) is 10. The number of imidazole rings is 2. The first kappa shape index (κ1) is 48.1. The number of carbonyl (C=O) groups is 2. The summed E-state index contributed by atoms with van der Waals surface area (Å²) in [5.74, 6) is -0.367. The highest BCUT2D eigenvalue weighted by Gasteiger charge is 2.19. The van der Waals surface area contributed by atoms with Crippen LogP contribution in [0.1, 0.15) is 62.5 Å². The number of ether oxygens (including phenoxy) is 1. The van der Waals surface area contributed by atoms with Gasteiger partial charge in [-0.2, -0.15) is 0 Å². The van der Waals surface area contributed by atoms with Crippen molar-refractivity contribution in [2.45, 2.75) is 65.2 Å². The molecule has 0 spiro atoms. The number of aromatic nitrogens is 4. The van der Waals surface area contributed by atoms with E-state index in [1.165, 1.54) is 6.08 Å². The quantitative estimate of drug-likeness (QED) is 0.0347. The molecule has 13 heteroatoms. The highest BCUT2D eigenvalue weighted by molar-refractivity contribution is 6.66. The van der Waals surface area contributed by atoms with Gasteiger partial charge in [0.05, 0.1) is 28.7 Å². The maximum atomic E-state index is 13.5. The molecule has 4 aromatic heterocycles. The summed E-state index contributed by atoms with van der Waals surface area (Å²) in [6.45, 7) is 12.9. The molecule has 10 rings (SSSR count). The standard InChI is InChI=1S/C28H27N3O3.C25H25N3O2.C3H3ClO/c1-3-25(32)34-16-7-5-4-6-15-29-22-13-12-20-26-19(22)9-8-10-21(26)28(33)31-24-14-11-18(2)17-23(24)30-27(20)31;1-16-9-12-22-21(15-16)27-24-18-10-11-20(26-13-4-2-3-5-14-29)17-7-6-8-19(23(17)18)25(30)28(22)24;1-2-3(4)5/h3,8-14,17,29H,1,4-7,15-16H2,2H3;6-12,15,26,29H,2-5,13-14H2,1H3;2H,1H2. The van der Waals surface area contributed by atoms with Crippen LogP contribution in [0.25, 0.3) is 76.5 Å². The number of esters is 1. The van der Waals surface area contributed by atoms with E-state index in [1.807, 2.05) is 74.5 Å². The molecule has 0 atom stereocenters. The summed E-state index contributed by atoms with van der Waals surface area (Å²) in [6.07, 6.45) is 10.2. The number of benzene rings is 6. The van der Waals surface area contributed by atoms with Gasteiger partial charge >= 0.3 is 5.97 Å². The van der Waals surface area contributed by atoms with Gasteiger partial charge < -0.3 is 20.5 Å². The molecule has 0 bridgehead atoms. The number of carbonyl (C=O) groups excluding carboxylic acids is 2. The van der Waals surface area contributed by atoms with Gasteiger partial charge in [0.2, 0.25) is 5.24 Å². The lowest BCUT2D eigenvalue weighted by atomic mass is 10.0. The number of fused-ring (bicyclic) bond motifs is 8. The van der Waals surface area contributed by atoms with Crippen molar-refractivity contribution in [2.24, 2.45) is 0 Å². The van der Waals surface area contributed by atoms with Crippen molar-refractivity contribution in [3.63, 3.8) is 0 Å². The SMILES string of the molecule is C=CC(=O)Cl.C=CC(=O)OCCCCCCNc1ccc2c3c1cccc3c(=O)n1c3ccc(C)cc3nc21.Cc1ccc2c(c1)nc1c3ccc(NCCCCCCO)c4cccc(c(=O)n21)c43. The Balaban J connectivity index is 0.000000171. The van der Waals surface area contributed by atoms with Crippen LogP contribution < -0.4 is 21.8 Å². The predicted molar refractivity (Wildman–Crippen MR) is 283 cm³/mol. The van der Waals surface area contributed by atoms with Crippen LogP contribution in [-0.2, 0) is 14.3 Å². The van der Waals surface area contributed by atoms with E-state index in [1.54, 1.807) is 8.80 Å². The van der Waals surface area contributed by atoms with Crippen LogP contribution in [-0.4, -0.2) is 61.4 Å². The molecule has 0 aliphatic heterocycles. The minimum absolute atomic E-state index is 0.0180. The van der Waals surface area contributed by atoms with E-state index in [-0.39, 0.29) is 23.7 Å². The topological polar surface area (TPSA) is 156 Å². The van der Waals surface area contributed by atoms with Gasteiger partial charge in [-0.25, -0.2) is 14.8 Å². The molecule has 3 N–H and O–H groups in total. The van der Waals surface area contributed by atoms with E-state index < -0.39 is 5.24 Å². The average molecular weight is 944 g/mol. The number of allylic oxidation sites excluding steroid dienone is 1.